The zero-order chi connectivity index (χ0) is 38.5. The first-order valence-corrected chi connectivity index (χ1v) is 18.5. The van der Waals surface area contributed by atoms with Gasteiger partial charge in [-0.25, -0.2) is 29.2 Å². The van der Waals surface area contributed by atoms with Crippen LogP contribution in [0.1, 0.15) is 65.5 Å². The quantitative estimate of drug-likeness (QED) is 0.0464. The van der Waals surface area contributed by atoms with Gasteiger partial charge in [-0.3, -0.25) is 14.3 Å². The van der Waals surface area contributed by atoms with Crippen molar-refractivity contribution in [1.29, 1.82) is 0 Å². The third-order valence-corrected chi connectivity index (χ3v) is 10.3. The number of carbonyl (C=O) groups excluding carboxylic acids is 2. The molecule has 0 bridgehead atoms. The average Bonchev–Trinajstić information content (AvgIpc) is 3.72. The number of hydrogen-bond acceptors (Lipinski definition) is 10. The van der Waals surface area contributed by atoms with Crippen molar-refractivity contribution in [3.8, 4) is 17.1 Å². The minimum Gasteiger partial charge on any atom is -0.465 e. The Morgan fingerprint density at radius 3 is 2.43 bits per heavy atom. The van der Waals surface area contributed by atoms with Crippen molar-refractivity contribution in [2.75, 3.05) is 24.3 Å². The number of esters is 2. The molecule has 6 rings (SSSR count). The molecule has 1 aliphatic carbocycles. The zero-order valence-corrected chi connectivity index (χ0v) is 31.6. The normalized spacial score (nSPS) is 18.8. The lowest BCUT2D eigenvalue weighted by atomic mass is 9.75. The standard InChI is InChI=1S/C39H42N6O8S/c1-22-16-23(2)35(24(3)17-22)52-39(47)34-32(40-5)20-45-37(34)42-36(43-45)27-18-30(41-29-14-10-9-13-28(29)38(46)49-6)25(4)31(19-27)44-54(48)53-33-15-11-8-12-26(33)21-51-50-7/h8-15,18-20,22-24,35,41,44H,16-17,21H2,1-4,6-7H3,(H,42,43). The summed E-state index contributed by atoms with van der Waals surface area (Å²) in [6, 6.07) is 17.4. The Labute approximate surface area is 315 Å². The highest BCUT2D eigenvalue weighted by Gasteiger charge is 2.36. The molecule has 1 saturated carbocycles. The molecule has 1 fully saturated rings. The van der Waals surface area contributed by atoms with E-state index in [1.807, 2.05) is 6.92 Å². The molecule has 3 atom stereocenters. The van der Waals surface area contributed by atoms with Crippen LogP contribution in [-0.4, -0.2) is 51.1 Å². The molecule has 2 heterocycles. The highest BCUT2D eigenvalue weighted by molar-refractivity contribution is 7.82. The molecular weight excluding hydrogens is 713 g/mol. The van der Waals surface area contributed by atoms with Crippen LogP contribution in [0.2, 0.25) is 0 Å². The van der Waals surface area contributed by atoms with Crippen molar-refractivity contribution in [2.24, 2.45) is 17.8 Å². The van der Waals surface area contributed by atoms with Crippen LogP contribution in [-0.2, 0) is 37.1 Å². The smallest absolute Gasteiger partial charge is 0.339 e. The van der Waals surface area contributed by atoms with E-state index < -0.39 is 23.2 Å². The minimum absolute atomic E-state index is 0.0704. The number of anilines is 3. The van der Waals surface area contributed by atoms with E-state index in [1.54, 1.807) is 60.7 Å². The van der Waals surface area contributed by atoms with Gasteiger partial charge in [0.15, 0.2) is 11.5 Å². The number of H-pyrrole nitrogens is 1. The van der Waals surface area contributed by atoms with E-state index in [4.69, 9.17) is 35.0 Å². The number of carbonyl (C=O) groups is 2. The molecular formula is C39H42N6O8S. The molecule has 0 amide bonds. The zero-order valence-electron chi connectivity index (χ0n) is 30.8. The van der Waals surface area contributed by atoms with Crippen LogP contribution < -0.4 is 14.2 Å². The summed E-state index contributed by atoms with van der Waals surface area (Å²) >= 11 is -2.09. The Morgan fingerprint density at radius 2 is 1.70 bits per heavy atom. The number of nitrogens with one attached hydrogen (secondary N) is 3. The second-order valence-corrected chi connectivity index (χ2v) is 14.3. The van der Waals surface area contributed by atoms with Crippen LogP contribution in [0.5, 0.6) is 5.75 Å². The number of fused-ring (bicyclic) bond motifs is 1. The molecule has 3 unspecified atom stereocenters. The van der Waals surface area contributed by atoms with E-state index >= 15 is 0 Å². The largest absolute Gasteiger partial charge is 0.465 e. The van der Waals surface area contributed by atoms with Crippen LogP contribution >= 0.6 is 0 Å². The molecule has 3 N–H and O–H groups in total. The third kappa shape index (κ3) is 8.10. The van der Waals surface area contributed by atoms with Crippen molar-refractivity contribution in [3.63, 3.8) is 0 Å². The molecule has 282 valence electrons. The molecule has 0 radical (unpaired) electrons. The van der Waals surface area contributed by atoms with Crippen LogP contribution in [0.15, 0.2) is 66.9 Å². The number of rotatable bonds is 13. The van der Waals surface area contributed by atoms with Gasteiger partial charge < -0.3 is 19.0 Å². The summed E-state index contributed by atoms with van der Waals surface area (Å²) in [4.78, 5) is 44.6. The van der Waals surface area contributed by atoms with Gasteiger partial charge in [0.05, 0.1) is 37.7 Å². The molecule has 0 aliphatic heterocycles. The lowest BCUT2D eigenvalue weighted by Gasteiger charge is -2.37. The molecule has 15 heteroatoms. The fourth-order valence-electron chi connectivity index (χ4n) is 7.07. The predicted molar refractivity (Wildman–Crippen MR) is 204 cm³/mol. The second kappa shape index (κ2) is 16.5. The number of aromatic nitrogens is 3. The molecule has 3 aromatic carbocycles. The van der Waals surface area contributed by atoms with Crippen molar-refractivity contribution in [3.05, 3.63) is 101 Å². The molecule has 1 aliphatic rings. The van der Waals surface area contributed by atoms with E-state index in [1.165, 1.54) is 24.9 Å². The van der Waals surface area contributed by atoms with E-state index in [-0.39, 0.29) is 41.4 Å². The number of benzene rings is 3. The topological polar surface area (TPSA) is 159 Å². The van der Waals surface area contributed by atoms with Gasteiger partial charge in [-0.15, -0.1) is 0 Å². The summed E-state index contributed by atoms with van der Waals surface area (Å²) in [5.41, 5.74) is 3.91. The Balaban J connectivity index is 1.38. The maximum absolute atomic E-state index is 13.8. The molecule has 0 saturated heterocycles. The second-order valence-electron chi connectivity index (χ2n) is 13.5. The van der Waals surface area contributed by atoms with Crippen molar-refractivity contribution in [1.82, 2.24) is 14.6 Å². The summed E-state index contributed by atoms with van der Waals surface area (Å²) in [5, 5.41) is 6.50. The van der Waals surface area contributed by atoms with Gasteiger partial charge in [0.1, 0.15) is 24.0 Å². The highest BCUT2D eigenvalue weighted by Crippen LogP contribution is 2.38. The van der Waals surface area contributed by atoms with Gasteiger partial charge in [0, 0.05) is 23.0 Å². The lowest BCUT2D eigenvalue weighted by molar-refractivity contribution is -0.282. The van der Waals surface area contributed by atoms with Crippen molar-refractivity contribution < 1.29 is 37.2 Å². The van der Waals surface area contributed by atoms with Gasteiger partial charge in [-0.2, -0.15) is 4.21 Å². The highest BCUT2D eigenvalue weighted by atomic mass is 32.2. The first-order valence-electron chi connectivity index (χ1n) is 17.4. The molecule has 2 aromatic heterocycles. The average molecular weight is 755 g/mol. The molecule has 14 nitrogen and oxygen atoms in total. The third-order valence-electron chi connectivity index (χ3n) is 9.59. The van der Waals surface area contributed by atoms with Crippen molar-refractivity contribution in [2.45, 2.75) is 53.2 Å². The fourth-order valence-corrected chi connectivity index (χ4v) is 7.83. The maximum Gasteiger partial charge on any atom is 0.339 e. The summed E-state index contributed by atoms with van der Waals surface area (Å²) < 4.78 is 34.8. The first-order chi connectivity index (χ1) is 26.0. The van der Waals surface area contributed by atoms with Gasteiger partial charge in [-0.1, -0.05) is 51.1 Å². The monoisotopic (exact) mass is 754 g/mol. The molecule has 54 heavy (non-hydrogen) atoms. The van der Waals surface area contributed by atoms with Crippen molar-refractivity contribution >= 4 is 51.6 Å². The summed E-state index contributed by atoms with van der Waals surface area (Å²) in [6.45, 7) is 16.1. The van der Waals surface area contributed by atoms with E-state index in [9.17, 15) is 13.8 Å². The van der Waals surface area contributed by atoms with Gasteiger partial charge in [-0.05, 0) is 73.4 Å². The Hall–Kier alpha value is -5.69. The number of hydrogen-bond donors (Lipinski definition) is 3. The maximum atomic E-state index is 13.8. The van der Waals surface area contributed by atoms with Crippen LogP contribution in [0.4, 0.5) is 22.7 Å². The van der Waals surface area contributed by atoms with Crippen LogP contribution in [0.3, 0.4) is 0 Å². The Morgan fingerprint density at radius 1 is 1.00 bits per heavy atom. The SMILES string of the molecule is [C-]#[N+]c1cn2[nH]c(-c3cc(Nc4ccccc4C(=O)OC)c(C)c(NS(=O)Oc4ccccc4COOC)c3)nc2c1C(=O)OC1C(C)CC(C)CC1C. The molecule has 5 aromatic rings. The minimum atomic E-state index is -2.09. The van der Waals surface area contributed by atoms with Gasteiger partial charge in [0.2, 0.25) is 5.69 Å². The number of aromatic amines is 1. The Kier molecular flexibility index (Phi) is 11.7. The van der Waals surface area contributed by atoms with Crippen LogP contribution in [0, 0.1) is 31.2 Å². The van der Waals surface area contributed by atoms with Gasteiger partial charge >= 0.3 is 23.2 Å². The number of methoxy groups -OCH3 is 1. The lowest BCUT2D eigenvalue weighted by Crippen LogP contribution is -2.37. The van der Waals surface area contributed by atoms with Crippen LogP contribution in [0.25, 0.3) is 21.9 Å². The fraction of sp³-hybridized carbons (Fsp3) is 0.333. The first kappa shape index (κ1) is 38.0. The number of ether oxygens (including phenoxy) is 2. The van der Waals surface area contributed by atoms with E-state index in [2.05, 4.69) is 40.8 Å². The van der Waals surface area contributed by atoms with E-state index in [0.29, 0.717) is 56.8 Å². The van der Waals surface area contributed by atoms with E-state index in [0.717, 1.165) is 12.8 Å². The summed E-state index contributed by atoms with van der Waals surface area (Å²) in [5.74, 6) is 0.415. The Bertz CT molecular complexity index is 2230. The van der Waals surface area contributed by atoms with Gasteiger partial charge in [0.25, 0.3) is 0 Å². The molecule has 0 spiro atoms. The number of nitrogens with zero attached hydrogens (tertiary/aromatic N) is 3. The summed E-state index contributed by atoms with van der Waals surface area (Å²) in [7, 11) is 2.70. The number of para-hydroxylation sites is 2. The summed E-state index contributed by atoms with van der Waals surface area (Å²) in [6.07, 6.45) is 3.13. The predicted octanol–water partition coefficient (Wildman–Crippen LogP) is 8.09.